The lowest BCUT2D eigenvalue weighted by molar-refractivity contribution is -0.124. The standard InChI is InChI=1S/C16H19N7O/c1-11(12-5-3-2-4-6-12)18-13(9-14-20-22-23-21-14)15(24)19-16(10-17)7-8-16/h2-6,11,13,18H,7-9H2,1H3,(H,19,24)(H,20,21,22,23)/t11-,13+/m1/s1. The molecule has 0 unspecified atom stereocenters. The highest BCUT2D eigenvalue weighted by Crippen LogP contribution is 2.34. The number of nitrogens with one attached hydrogen (secondary N) is 3. The first kappa shape index (κ1) is 16.1. The molecule has 3 N–H and O–H groups in total. The molecule has 2 aromatic rings. The zero-order valence-electron chi connectivity index (χ0n) is 13.4. The molecule has 1 aromatic heterocycles. The van der Waals surface area contributed by atoms with Gasteiger partial charge in [-0.1, -0.05) is 35.5 Å². The number of amides is 1. The number of aromatic nitrogens is 4. The molecular formula is C16H19N7O. The van der Waals surface area contributed by atoms with Gasteiger partial charge in [-0.25, -0.2) is 0 Å². The van der Waals surface area contributed by atoms with Gasteiger partial charge < -0.3 is 5.32 Å². The Morgan fingerprint density at radius 3 is 2.75 bits per heavy atom. The average molecular weight is 325 g/mol. The number of aromatic amines is 1. The summed E-state index contributed by atoms with van der Waals surface area (Å²) in [6, 6.07) is 11.4. The Labute approximate surface area is 139 Å². The zero-order chi connectivity index (χ0) is 17.0. The van der Waals surface area contributed by atoms with Gasteiger partial charge in [-0.05, 0) is 25.3 Å². The fraction of sp³-hybridized carbons (Fsp3) is 0.438. The number of tetrazole rings is 1. The largest absolute Gasteiger partial charge is 0.336 e. The van der Waals surface area contributed by atoms with Crippen LogP contribution in [-0.4, -0.2) is 38.1 Å². The van der Waals surface area contributed by atoms with Crippen molar-refractivity contribution in [3.05, 3.63) is 41.7 Å². The molecule has 1 fully saturated rings. The van der Waals surface area contributed by atoms with Crippen LogP contribution in [0.3, 0.4) is 0 Å². The molecule has 1 saturated carbocycles. The van der Waals surface area contributed by atoms with Gasteiger partial charge in [0, 0.05) is 12.5 Å². The van der Waals surface area contributed by atoms with E-state index < -0.39 is 11.6 Å². The van der Waals surface area contributed by atoms with Crippen molar-refractivity contribution in [3.8, 4) is 6.07 Å². The maximum absolute atomic E-state index is 12.6. The van der Waals surface area contributed by atoms with Gasteiger partial charge in [0.1, 0.15) is 5.54 Å². The molecule has 1 aliphatic carbocycles. The third kappa shape index (κ3) is 3.75. The van der Waals surface area contributed by atoms with Crippen LogP contribution in [0.4, 0.5) is 0 Å². The predicted octanol–water partition coefficient (Wildman–Crippen LogP) is 0.634. The summed E-state index contributed by atoms with van der Waals surface area (Å²) in [6.45, 7) is 1.99. The normalized spacial score (nSPS) is 17.5. The molecule has 1 aromatic carbocycles. The second kappa shape index (κ2) is 6.76. The van der Waals surface area contributed by atoms with E-state index >= 15 is 0 Å². The molecule has 1 amide bonds. The monoisotopic (exact) mass is 325 g/mol. The highest BCUT2D eigenvalue weighted by Gasteiger charge is 2.45. The summed E-state index contributed by atoms with van der Waals surface area (Å²) in [6.07, 6.45) is 1.68. The first-order chi connectivity index (χ1) is 11.6. The van der Waals surface area contributed by atoms with Crippen molar-refractivity contribution >= 4 is 5.91 Å². The SMILES string of the molecule is C[C@@H](N[C@@H](Cc1nn[nH]n1)C(=O)NC1(C#N)CC1)c1ccccc1. The van der Waals surface area contributed by atoms with Crippen molar-refractivity contribution in [2.75, 3.05) is 0 Å². The van der Waals surface area contributed by atoms with Crippen LogP contribution in [0.15, 0.2) is 30.3 Å². The Morgan fingerprint density at radius 2 is 2.17 bits per heavy atom. The van der Waals surface area contributed by atoms with E-state index in [4.69, 9.17) is 0 Å². The third-order valence-corrected chi connectivity index (χ3v) is 4.17. The second-order valence-electron chi connectivity index (χ2n) is 6.07. The molecule has 1 aliphatic rings. The van der Waals surface area contributed by atoms with Gasteiger partial charge in [-0.3, -0.25) is 10.1 Å². The van der Waals surface area contributed by atoms with Crippen LogP contribution in [-0.2, 0) is 11.2 Å². The summed E-state index contributed by atoms with van der Waals surface area (Å²) in [5, 5.41) is 29.1. The minimum Gasteiger partial charge on any atom is -0.336 e. The highest BCUT2D eigenvalue weighted by atomic mass is 16.2. The Bertz CT molecular complexity index is 719. The van der Waals surface area contributed by atoms with Gasteiger partial charge in [-0.15, -0.1) is 10.2 Å². The van der Waals surface area contributed by atoms with E-state index in [9.17, 15) is 10.1 Å². The number of carbonyl (C=O) groups is 1. The molecule has 0 aliphatic heterocycles. The number of nitriles is 1. The molecule has 3 rings (SSSR count). The van der Waals surface area contributed by atoms with E-state index in [0.29, 0.717) is 25.1 Å². The van der Waals surface area contributed by atoms with E-state index in [1.165, 1.54) is 0 Å². The molecule has 0 saturated heterocycles. The van der Waals surface area contributed by atoms with Crippen LogP contribution in [0, 0.1) is 11.3 Å². The van der Waals surface area contributed by atoms with E-state index in [0.717, 1.165) is 5.56 Å². The number of benzene rings is 1. The Kier molecular flexibility index (Phi) is 4.53. The van der Waals surface area contributed by atoms with Crippen molar-refractivity contribution in [2.45, 2.75) is 43.8 Å². The first-order valence-corrected chi connectivity index (χ1v) is 7.88. The third-order valence-electron chi connectivity index (χ3n) is 4.17. The smallest absolute Gasteiger partial charge is 0.238 e. The fourth-order valence-corrected chi connectivity index (χ4v) is 2.53. The fourth-order valence-electron chi connectivity index (χ4n) is 2.53. The van der Waals surface area contributed by atoms with Gasteiger partial charge in [0.25, 0.3) is 0 Å². The summed E-state index contributed by atoms with van der Waals surface area (Å²) in [5.41, 5.74) is 0.370. The van der Waals surface area contributed by atoms with Crippen molar-refractivity contribution < 1.29 is 4.79 Å². The quantitative estimate of drug-likeness (QED) is 0.687. The maximum atomic E-state index is 12.6. The molecular weight excluding hydrogens is 306 g/mol. The Balaban J connectivity index is 1.72. The van der Waals surface area contributed by atoms with E-state index in [1.807, 2.05) is 37.3 Å². The highest BCUT2D eigenvalue weighted by molar-refractivity contribution is 5.83. The number of H-pyrrole nitrogens is 1. The lowest BCUT2D eigenvalue weighted by Crippen LogP contribution is -2.50. The van der Waals surface area contributed by atoms with Crippen molar-refractivity contribution in [1.29, 1.82) is 5.26 Å². The topological polar surface area (TPSA) is 119 Å². The lowest BCUT2D eigenvalue weighted by Gasteiger charge is -2.23. The second-order valence-corrected chi connectivity index (χ2v) is 6.07. The van der Waals surface area contributed by atoms with Gasteiger partial charge in [0.05, 0.1) is 12.1 Å². The molecule has 0 radical (unpaired) electrons. The number of hydrogen-bond acceptors (Lipinski definition) is 6. The van der Waals surface area contributed by atoms with Crippen LogP contribution in [0.5, 0.6) is 0 Å². The molecule has 24 heavy (non-hydrogen) atoms. The van der Waals surface area contributed by atoms with Gasteiger partial charge >= 0.3 is 0 Å². The van der Waals surface area contributed by atoms with Crippen molar-refractivity contribution in [3.63, 3.8) is 0 Å². The van der Waals surface area contributed by atoms with E-state index in [-0.39, 0.29) is 11.9 Å². The first-order valence-electron chi connectivity index (χ1n) is 7.88. The minimum absolute atomic E-state index is 0.0360. The average Bonchev–Trinajstić information content (AvgIpc) is 3.19. The summed E-state index contributed by atoms with van der Waals surface area (Å²) >= 11 is 0. The summed E-state index contributed by atoms with van der Waals surface area (Å²) in [5.74, 6) is 0.228. The van der Waals surface area contributed by atoms with Crippen LogP contribution < -0.4 is 10.6 Å². The minimum atomic E-state index is -0.704. The number of carbonyl (C=O) groups excluding carboxylic acids is 1. The molecule has 0 spiro atoms. The lowest BCUT2D eigenvalue weighted by atomic mass is 10.1. The molecule has 1 heterocycles. The maximum Gasteiger partial charge on any atom is 0.238 e. The Morgan fingerprint density at radius 1 is 1.42 bits per heavy atom. The van der Waals surface area contributed by atoms with Gasteiger partial charge in [0.2, 0.25) is 5.91 Å². The molecule has 8 nitrogen and oxygen atoms in total. The van der Waals surface area contributed by atoms with Gasteiger partial charge in [-0.2, -0.15) is 10.5 Å². The van der Waals surface area contributed by atoms with Crippen LogP contribution >= 0.6 is 0 Å². The predicted molar refractivity (Wildman–Crippen MR) is 85.4 cm³/mol. The van der Waals surface area contributed by atoms with Crippen LogP contribution in [0.2, 0.25) is 0 Å². The molecule has 2 atom stereocenters. The number of rotatable bonds is 7. The van der Waals surface area contributed by atoms with Crippen molar-refractivity contribution in [2.24, 2.45) is 0 Å². The summed E-state index contributed by atoms with van der Waals surface area (Å²) in [4.78, 5) is 12.6. The number of hydrogen-bond donors (Lipinski definition) is 3. The van der Waals surface area contributed by atoms with Gasteiger partial charge in [0.15, 0.2) is 5.82 Å². The zero-order valence-corrected chi connectivity index (χ0v) is 13.4. The van der Waals surface area contributed by atoms with E-state index in [2.05, 4.69) is 37.3 Å². The number of nitrogens with zero attached hydrogens (tertiary/aromatic N) is 4. The summed E-state index contributed by atoms with van der Waals surface area (Å²) < 4.78 is 0. The van der Waals surface area contributed by atoms with Crippen LogP contribution in [0.1, 0.15) is 37.2 Å². The molecule has 0 bridgehead atoms. The van der Waals surface area contributed by atoms with Crippen LogP contribution in [0.25, 0.3) is 0 Å². The molecule has 124 valence electrons. The summed E-state index contributed by atoms with van der Waals surface area (Å²) in [7, 11) is 0. The Hall–Kier alpha value is -2.79. The molecule has 8 heteroatoms. The van der Waals surface area contributed by atoms with E-state index in [1.54, 1.807) is 0 Å². The van der Waals surface area contributed by atoms with Crippen molar-refractivity contribution in [1.82, 2.24) is 31.3 Å².